The van der Waals surface area contributed by atoms with Crippen molar-refractivity contribution < 1.29 is 9.21 Å². The predicted octanol–water partition coefficient (Wildman–Crippen LogP) is 3.10. The molecule has 0 unspecified atom stereocenters. The first-order valence-corrected chi connectivity index (χ1v) is 7.04. The first kappa shape index (κ1) is 14.1. The monoisotopic (exact) mass is 296 g/mol. The number of amides is 1. The number of aromatic nitrogens is 1. The van der Waals surface area contributed by atoms with Crippen LogP contribution in [0.5, 0.6) is 0 Å². The van der Waals surface area contributed by atoms with Gasteiger partial charge in [-0.1, -0.05) is 24.3 Å². The van der Waals surface area contributed by atoms with Gasteiger partial charge in [-0.25, -0.2) is 4.79 Å². The fourth-order valence-electron chi connectivity index (χ4n) is 2.44. The minimum absolute atomic E-state index is 0.265. The molecule has 1 atom stereocenters. The molecule has 1 aromatic heterocycles. The Labute approximate surface area is 127 Å². The highest BCUT2D eigenvalue weighted by molar-refractivity contribution is 5.94. The number of nitrogens with one attached hydrogen (secondary N) is 1. The van der Waals surface area contributed by atoms with Gasteiger partial charge in [0.2, 0.25) is 5.91 Å². The third-order valence-electron chi connectivity index (χ3n) is 3.57. The number of anilines is 1. The summed E-state index contributed by atoms with van der Waals surface area (Å²) in [6.07, 6.45) is 0. The molecule has 0 bridgehead atoms. The van der Waals surface area contributed by atoms with Crippen molar-refractivity contribution in [1.82, 2.24) is 4.57 Å². The summed E-state index contributed by atoms with van der Waals surface area (Å²) in [5.74, 6) is -0.799. The van der Waals surface area contributed by atoms with E-state index >= 15 is 0 Å². The summed E-state index contributed by atoms with van der Waals surface area (Å²) in [7, 11) is 0. The van der Waals surface area contributed by atoms with Gasteiger partial charge in [0.15, 0.2) is 5.58 Å². The zero-order valence-electron chi connectivity index (χ0n) is 12.4. The molecule has 1 amide bonds. The summed E-state index contributed by atoms with van der Waals surface area (Å²) < 4.78 is 6.53. The number of carbonyl (C=O) groups is 1. The number of hydrogen-bond donors (Lipinski definition) is 1. The molecule has 0 aliphatic rings. The van der Waals surface area contributed by atoms with Crippen LogP contribution >= 0.6 is 0 Å². The van der Waals surface area contributed by atoms with E-state index < -0.39 is 11.8 Å². The van der Waals surface area contributed by atoms with Gasteiger partial charge in [-0.15, -0.1) is 0 Å². The summed E-state index contributed by atoms with van der Waals surface area (Å²) >= 11 is 0. The number of hydrogen-bond acceptors (Lipinski definition) is 3. The maximum Gasteiger partial charge on any atom is 0.420 e. The molecule has 0 saturated heterocycles. The third-order valence-corrected chi connectivity index (χ3v) is 3.57. The Kier molecular flexibility index (Phi) is 3.55. The van der Waals surface area contributed by atoms with Gasteiger partial charge in [0.1, 0.15) is 6.04 Å². The van der Waals surface area contributed by atoms with Crippen LogP contribution in [0.15, 0.2) is 57.7 Å². The Morgan fingerprint density at radius 3 is 2.73 bits per heavy atom. The van der Waals surface area contributed by atoms with E-state index in [4.69, 9.17) is 4.42 Å². The van der Waals surface area contributed by atoms with E-state index in [1.54, 1.807) is 31.2 Å². The molecule has 3 aromatic rings. The number of rotatable bonds is 3. The molecular formula is C17H16N2O3. The molecule has 112 valence electrons. The van der Waals surface area contributed by atoms with Gasteiger partial charge in [0.05, 0.1) is 5.52 Å². The maximum atomic E-state index is 12.4. The van der Waals surface area contributed by atoms with Gasteiger partial charge >= 0.3 is 5.76 Å². The fourth-order valence-corrected chi connectivity index (χ4v) is 2.44. The first-order chi connectivity index (χ1) is 10.6. The molecule has 0 aliphatic heterocycles. The topological polar surface area (TPSA) is 64.2 Å². The van der Waals surface area contributed by atoms with Crippen LogP contribution < -0.4 is 11.1 Å². The van der Waals surface area contributed by atoms with Gasteiger partial charge in [-0.3, -0.25) is 9.36 Å². The van der Waals surface area contributed by atoms with E-state index in [0.717, 1.165) is 5.56 Å². The quantitative estimate of drug-likeness (QED) is 0.807. The molecule has 5 heteroatoms. The standard InChI is InChI=1S/C17H16N2O3/c1-11-6-5-7-13(10-11)18-16(20)12(2)19-14-8-3-4-9-15(14)22-17(19)21/h3-10,12H,1-2H3,(H,18,20)/t12-/m1/s1. The highest BCUT2D eigenvalue weighted by atomic mass is 16.4. The number of carbonyl (C=O) groups excluding carboxylic acids is 1. The van der Waals surface area contributed by atoms with E-state index in [1.807, 2.05) is 31.2 Å². The molecule has 0 radical (unpaired) electrons. The Morgan fingerprint density at radius 1 is 1.18 bits per heavy atom. The molecule has 0 fully saturated rings. The highest BCUT2D eigenvalue weighted by Gasteiger charge is 2.21. The van der Waals surface area contributed by atoms with Crippen LogP contribution in [0.2, 0.25) is 0 Å². The molecule has 3 rings (SSSR count). The number of nitrogens with zero attached hydrogens (tertiary/aromatic N) is 1. The van der Waals surface area contributed by atoms with Crippen molar-refractivity contribution in [1.29, 1.82) is 0 Å². The number of fused-ring (bicyclic) bond motifs is 1. The van der Waals surface area contributed by atoms with Crippen molar-refractivity contribution in [2.24, 2.45) is 0 Å². The van der Waals surface area contributed by atoms with E-state index in [-0.39, 0.29) is 5.91 Å². The van der Waals surface area contributed by atoms with Gasteiger partial charge in [-0.05, 0) is 43.7 Å². The molecule has 0 spiro atoms. The van der Waals surface area contributed by atoms with Crippen LogP contribution in [0.3, 0.4) is 0 Å². The largest absolute Gasteiger partial charge is 0.420 e. The second-order valence-corrected chi connectivity index (χ2v) is 5.24. The SMILES string of the molecule is Cc1cccc(NC(=O)[C@@H](C)n2c(=O)oc3ccccc32)c1. The van der Waals surface area contributed by atoms with Crippen molar-refractivity contribution in [2.45, 2.75) is 19.9 Å². The molecular weight excluding hydrogens is 280 g/mol. The predicted molar refractivity (Wildman–Crippen MR) is 85.0 cm³/mol. The lowest BCUT2D eigenvalue weighted by Gasteiger charge is -2.13. The summed E-state index contributed by atoms with van der Waals surface area (Å²) in [6.45, 7) is 3.63. The number of aryl methyl sites for hydroxylation is 1. The lowest BCUT2D eigenvalue weighted by Crippen LogP contribution is -2.29. The smallest absolute Gasteiger partial charge is 0.408 e. The second-order valence-electron chi connectivity index (χ2n) is 5.24. The second kappa shape index (κ2) is 5.52. The molecule has 0 aliphatic carbocycles. The summed E-state index contributed by atoms with van der Waals surface area (Å²) in [5, 5.41) is 2.82. The highest BCUT2D eigenvalue weighted by Crippen LogP contribution is 2.18. The molecule has 1 N–H and O–H groups in total. The molecule has 22 heavy (non-hydrogen) atoms. The minimum atomic E-state index is -0.670. The minimum Gasteiger partial charge on any atom is -0.408 e. The lowest BCUT2D eigenvalue weighted by atomic mass is 10.2. The Bertz CT molecular complexity index is 892. The van der Waals surface area contributed by atoms with Crippen molar-refractivity contribution in [3.63, 3.8) is 0 Å². The Balaban J connectivity index is 1.92. The van der Waals surface area contributed by atoms with Gasteiger partial charge in [0, 0.05) is 5.69 Å². The van der Waals surface area contributed by atoms with Crippen LogP contribution in [0.4, 0.5) is 5.69 Å². The van der Waals surface area contributed by atoms with Crippen LogP contribution in [-0.2, 0) is 4.79 Å². The number of benzene rings is 2. The van der Waals surface area contributed by atoms with Gasteiger partial charge in [0.25, 0.3) is 0 Å². The Hall–Kier alpha value is -2.82. The van der Waals surface area contributed by atoms with Crippen molar-refractivity contribution in [3.8, 4) is 0 Å². The van der Waals surface area contributed by atoms with Gasteiger partial charge < -0.3 is 9.73 Å². The van der Waals surface area contributed by atoms with Crippen LogP contribution in [0.1, 0.15) is 18.5 Å². The maximum absolute atomic E-state index is 12.4. The van der Waals surface area contributed by atoms with Crippen molar-refractivity contribution in [2.75, 3.05) is 5.32 Å². The average molecular weight is 296 g/mol. The van der Waals surface area contributed by atoms with E-state index in [9.17, 15) is 9.59 Å². The molecule has 2 aromatic carbocycles. The Morgan fingerprint density at radius 2 is 1.95 bits per heavy atom. The van der Waals surface area contributed by atoms with Crippen molar-refractivity contribution in [3.05, 3.63) is 64.6 Å². The van der Waals surface area contributed by atoms with Crippen LogP contribution in [-0.4, -0.2) is 10.5 Å². The van der Waals surface area contributed by atoms with Crippen LogP contribution in [0.25, 0.3) is 11.1 Å². The molecule has 0 saturated carbocycles. The van der Waals surface area contributed by atoms with Crippen molar-refractivity contribution >= 4 is 22.7 Å². The lowest BCUT2D eigenvalue weighted by molar-refractivity contribution is -0.118. The van der Waals surface area contributed by atoms with E-state index in [1.165, 1.54) is 4.57 Å². The number of para-hydroxylation sites is 2. The molecule has 5 nitrogen and oxygen atoms in total. The first-order valence-electron chi connectivity index (χ1n) is 7.04. The summed E-state index contributed by atoms with van der Waals surface area (Å²) in [4.78, 5) is 24.4. The fraction of sp³-hybridized carbons (Fsp3) is 0.176. The van der Waals surface area contributed by atoms with E-state index in [2.05, 4.69) is 5.32 Å². The number of oxazole rings is 1. The normalized spacial score (nSPS) is 12.3. The van der Waals surface area contributed by atoms with Gasteiger partial charge in [-0.2, -0.15) is 0 Å². The summed E-state index contributed by atoms with van der Waals surface area (Å²) in [6, 6.07) is 13.9. The zero-order chi connectivity index (χ0) is 15.7. The summed E-state index contributed by atoms with van der Waals surface area (Å²) in [5.41, 5.74) is 2.84. The van der Waals surface area contributed by atoms with E-state index in [0.29, 0.717) is 16.8 Å². The molecule has 1 heterocycles. The zero-order valence-corrected chi connectivity index (χ0v) is 12.4. The average Bonchev–Trinajstić information content (AvgIpc) is 2.82. The third kappa shape index (κ3) is 2.53. The van der Waals surface area contributed by atoms with Crippen LogP contribution in [0, 0.1) is 6.92 Å².